The number of nitrogens with one attached hydrogen (secondary N) is 1. The molecule has 11 heteroatoms. The lowest BCUT2D eigenvalue weighted by atomic mass is 10.2. The normalized spacial score (nSPS) is 13.8. The van der Waals surface area contributed by atoms with Gasteiger partial charge in [-0.1, -0.05) is 41.4 Å². The summed E-state index contributed by atoms with van der Waals surface area (Å²) in [6.45, 7) is 0.214. The SMILES string of the molecule is O=C(COc1ccc(C2SCCS2)cc1)N/N=C\c1cc(I)c(OCc2ccc(Cl)cc2Cl)c(I)c1. The van der Waals surface area contributed by atoms with Crippen LogP contribution in [0.1, 0.15) is 21.3 Å². The van der Waals surface area contributed by atoms with Crippen molar-refractivity contribution in [1.29, 1.82) is 0 Å². The summed E-state index contributed by atoms with van der Waals surface area (Å²) in [5, 5.41) is 5.21. The molecule has 5 nitrogen and oxygen atoms in total. The van der Waals surface area contributed by atoms with Crippen molar-refractivity contribution in [2.75, 3.05) is 18.1 Å². The van der Waals surface area contributed by atoms with E-state index in [0.717, 1.165) is 24.0 Å². The molecule has 0 aliphatic carbocycles. The number of halogens is 4. The van der Waals surface area contributed by atoms with Crippen molar-refractivity contribution in [1.82, 2.24) is 5.43 Å². The molecule has 1 heterocycles. The second-order valence-corrected chi connectivity index (χ2v) is 13.5. The zero-order valence-electron chi connectivity index (χ0n) is 18.7. The lowest BCUT2D eigenvalue weighted by Crippen LogP contribution is -2.24. The minimum absolute atomic E-state index is 0.112. The first kappa shape index (κ1) is 28.2. The molecule has 0 atom stereocenters. The summed E-state index contributed by atoms with van der Waals surface area (Å²) >= 11 is 20.5. The lowest BCUT2D eigenvalue weighted by Gasteiger charge is -2.12. The van der Waals surface area contributed by atoms with Crippen molar-refractivity contribution in [3.63, 3.8) is 0 Å². The van der Waals surface area contributed by atoms with Gasteiger partial charge in [0, 0.05) is 27.1 Å². The van der Waals surface area contributed by atoms with E-state index in [1.165, 1.54) is 17.1 Å². The first-order valence-corrected chi connectivity index (χ1v) is 15.7. The van der Waals surface area contributed by atoms with E-state index < -0.39 is 0 Å². The van der Waals surface area contributed by atoms with Crippen LogP contribution in [0.15, 0.2) is 59.7 Å². The fraction of sp³-hybridized carbons (Fsp3) is 0.200. The van der Waals surface area contributed by atoms with Gasteiger partial charge in [-0.2, -0.15) is 5.10 Å². The number of carbonyl (C=O) groups is 1. The van der Waals surface area contributed by atoms with E-state index in [0.29, 0.717) is 27.0 Å². The minimum Gasteiger partial charge on any atom is -0.487 e. The molecule has 1 aliphatic rings. The Morgan fingerprint density at radius 1 is 1.03 bits per heavy atom. The number of rotatable bonds is 9. The molecular formula is C25H20Cl2I2N2O3S2. The minimum atomic E-state index is -0.332. The van der Waals surface area contributed by atoms with Crippen LogP contribution >= 0.6 is 91.9 Å². The first-order valence-electron chi connectivity index (χ1n) is 10.7. The average Bonchev–Trinajstić information content (AvgIpc) is 3.39. The van der Waals surface area contributed by atoms with Crippen molar-refractivity contribution in [2.45, 2.75) is 11.2 Å². The van der Waals surface area contributed by atoms with Gasteiger partial charge in [-0.05, 0) is 92.7 Å². The second kappa shape index (κ2) is 13.8. The van der Waals surface area contributed by atoms with Gasteiger partial charge >= 0.3 is 0 Å². The van der Waals surface area contributed by atoms with Crippen LogP contribution < -0.4 is 14.9 Å². The highest BCUT2D eigenvalue weighted by Gasteiger charge is 2.18. The van der Waals surface area contributed by atoms with Crippen molar-refractivity contribution < 1.29 is 14.3 Å². The summed E-state index contributed by atoms with van der Waals surface area (Å²) in [5.74, 6) is 3.45. The Kier molecular flexibility index (Phi) is 10.8. The zero-order chi connectivity index (χ0) is 25.5. The lowest BCUT2D eigenvalue weighted by molar-refractivity contribution is -0.123. The molecule has 1 fully saturated rings. The number of ether oxygens (including phenoxy) is 2. The Balaban J connectivity index is 1.26. The second-order valence-electron chi connectivity index (χ2n) is 7.56. The molecule has 0 radical (unpaired) electrons. The Morgan fingerprint density at radius 2 is 1.72 bits per heavy atom. The van der Waals surface area contributed by atoms with E-state index in [1.54, 1.807) is 18.3 Å². The predicted molar refractivity (Wildman–Crippen MR) is 168 cm³/mol. The molecule has 3 aromatic rings. The zero-order valence-corrected chi connectivity index (χ0v) is 26.1. The van der Waals surface area contributed by atoms with Gasteiger partial charge in [0.2, 0.25) is 0 Å². The number of thioether (sulfide) groups is 2. The van der Waals surface area contributed by atoms with E-state index in [1.807, 2.05) is 53.9 Å². The number of amides is 1. The Bertz CT molecular complexity index is 1230. The predicted octanol–water partition coefficient (Wildman–Crippen LogP) is 7.79. The molecule has 1 aliphatic heterocycles. The van der Waals surface area contributed by atoms with Gasteiger partial charge in [0.05, 0.1) is 17.9 Å². The number of hydrazone groups is 1. The Hall–Kier alpha value is -0.860. The van der Waals surface area contributed by atoms with Crippen LogP contribution in [0.3, 0.4) is 0 Å². The van der Waals surface area contributed by atoms with E-state index in [4.69, 9.17) is 32.7 Å². The largest absolute Gasteiger partial charge is 0.487 e. The van der Waals surface area contributed by atoms with Gasteiger partial charge in [0.1, 0.15) is 18.1 Å². The van der Waals surface area contributed by atoms with Crippen LogP contribution in [0.2, 0.25) is 10.0 Å². The third-order valence-corrected chi connectivity index (χ3v) is 10.2. The maximum absolute atomic E-state index is 12.1. The van der Waals surface area contributed by atoms with Crippen molar-refractivity contribution in [3.8, 4) is 11.5 Å². The summed E-state index contributed by atoms with van der Waals surface area (Å²) < 4.78 is 13.9. The summed E-state index contributed by atoms with van der Waals surface area (Å²) in [7, 11) is 0. The van der Waals surface area contributed by atoms with Crippen molar-refractivity contribution >= 4 is 104 Å². The fourth-order valence-corrected chi connectivity index (χ4v) is 8.66. The van der Waals surface area contributed by atoms with E-state index in [2.05, 4.69) is 67.8 Å². The third-order valence-electron chi connectivity index (χ3n) is 4.95. The van der Waals surface area contributed by atoms with Crippen LogP contribution in [0, 0.1) is 7.14 Å². The standard InChI is InChI=1S/C25H20Cl2I2N2O3S2/c26-18-4-1-17(20(27)11-18)13-34-24-21(28)9-15(10-22(24)29)12-30-31-23(32)14-33-19-5-2-16(3-6-19)25-35-7-8-36-25/h1-6,9-12,25H,7-8,13-14H2,(H,31,32)/b30-12-. The number of hydrogen-bond acceptors (Lipinski definition) is 6. The Labute approximate surface area is 255 Å². The number of carbonyl (C=O) groups excluding carboxylic acids is 1. The van der Waals surface area contributed by atoms with Gasteiger partial charge in [0.15, 0.2) is 6.61 Å². The quantitative estimate of drug-likeness (QED) is 0.137. The monoisotopic (exact) mass is 784 g/mol. The molecule has 0 bridgehead atoms. The summed E-state index contributed by atoms with van der Waals surface area (Å²) in [4.78, 5) is 12.1. The Morgan fingerprint density at radius 3 is 2.39 bits per heavy atom. The molecule has 0 aromatic heterocycles. The number of hydrogen-bond donors (Lipinski definition) is 1. The summed E-state index contributed by atoms with van der Waals surface area (Å²) in [6.07, 6.45) is 1.59. The molecule has 0 unspecified atom stereocenters. The highest BCUT2D eigenvalue weighted by atomic mass is 127. The van der Waals surface area contributed by atoms with Crippen LogP contribution in [0.25, 0.3) is 0 Å². The van der Waals surface area contributed by atoms with Gasteiger partial charge in [-0.3, -0.25) is 4.79 Å². The molecule has 1 N–H and O–H groups in total. The third kappa shape index (κ3) is 8.07. The van der Waals surface area contributed by atoms with Crippen LogP contribution in [-0.2, 0) is 11.4 Å². The van der Waals surface area contributed by atoms with E-state index in [9.17, 15) is 4.79 Å². The highest BCUT2D eigenvalue weighted by Crippen LogP contribution is 2.45. The molecule has 1 amide bonds. The van der Waals surface area contributed by atoms with Gasteiger partial charge in [-0.25, -0.2) is 5.43 Å². The van der Waals surface area contributed by atoms with Crippen LogP contribution in [-0.4, -0.2) is 30.2 Å². The topological polar surface area (TPSA) is 59.9 Å². The average molecular weight is 785 g/mol. The number of nitrogens with zero attached hydrogens (tertiary/aromatic N) is 1. The van der Waals surface area contributed by atoms with Gasteiger partial charge in [0.25, 0.3) is 5.91 Å². The molecule has 0 saturated carbocycles. The highest BCUT2D eigenvalue weighted by molar-refractivity contribution is 14.1. The van der Waals surface area contributed by atoms with E-state index in [-0.39, 0.29) is 12.5 Å². The van der Waals surface area contributed by atoms with Crippen LogP contribution in [0.5, 0.6) is 11.5 Å². The summed E-state index contributed by atoms with van der Waals surface area (Å²) in [5.41, 5.74) is 5.47. The van der Waals surface area contributed by atoms with Gasteiger partial charge in [-0.15, -0.1) is 23.5 Å². The molecular weight excluding hydrogens is 765 g/mol. The van der Waals surface area contributed by atoms with Gasteiger partial charge < -0.3 is 9.47 Å². The van der Waals surface area contributed by atoms with E-state index >= 15 is 0 Å². The molecule has 188 valence electrons. The maximum Gasteiger partial charge on any atom is 0.277 e. The molecule has 3 aromatic carbocycles. The maximum atomic E-state index is 12.1. The molecule has 36 heavy (non-hydrogen) atoms. The first-order chi connectivity index (χ1) is 17.4. The number of benzene rings is 3. The van der Waals surface area contributed by atoms with Crippen molar-refractivity contribution in [2.24, 2.45) is 5.10 Å². The molecule has 1 saturated heterocycles. The summed E-state index contributed by atoms with van der Waals surface area (Å²) in [6, 6.07) is 17.1. The molecule has 0 spiro atoms. The smallest absolute Gasteiger partial charge is 0.277 e. The van der Waals surface area contributed by atoms with Crippen LogP contribution in [0.4, 0.5) is 0 Å². The van der Waals surface area contributed by atoms with Crippen molar-refractivity contribution in [3.05, 3.63) is 88.5 Å². The fourth-order valence-electron chi connectivity index (χ4n) is 3.21. The molecule has 4 rings (SSSR count).